The molecule has 19 heteroatoms. The van der Waals surface area contributed by atoms with Crippen molar-refractivity contribution in [2.75, 3.05) is 26.0 Å². The number of fused-ring (bicyclic) bond motifs is 1. The van der Waals surface area contributed by atoms with Crippen LogP contribution < -0.4 is 42.4 Å². The summed E-state index contributed by atoms with van der Waals surface area (Å²) in [4.78, 5) is 95.1. The predicted octanol–water partition coefficient (Wildman–Crippen LogP) is 4.71. The monoisotopic (exact) mass is 1010 g/mol. The normalized spacial score (nSPS) is 15.3. The lowest BCUT2D eigenvalue weighted by Gasteiger charge is -2.40. The fraction of sp³-hybridized carbons (Fsp3) is 0.596. The van der Waals surface area contributed by atoms with Crippen LogP contribution in [0.2, 0.25) is 0 Å². The van der Waals surface area contributed by atoms with Crippen LogP contribution in [0.5, 0.6) is 0 Å². The van der Waals surface area contributed by atoms with Crippen LogP contribution >= 0.6 is 0 Å². The highest BCUT2D eigenvalue weighted by atomic mass is 32.2. The fourth-order valence-corrected chi connectivity index (χ4v) is 10.2. The van der Waals surface area contributed by atoms with E-state index in [0.29, 0.717) is 48.9 Å². The van der Waals surface area contributed by atoms with Crippen molar-refractivity contribution in [2.24, 2.45) is 23.0 Å². The molecule has 0 aromatic heterocycles. The molecule has 18 nitrogen and oxygen atoms in total. The number of carbonyl (C=O) groups is 7. The minimum atomic E-state index is -4.48. The average Bonchev–Trinajstić information content (AvgIpc) is 3.29. The molecule has 0 radical (unpaired) electrons. The van der Waals surface area contributed by atoms with Gasteiger partial charge in [-0.2, -0.15) is 0 Å². The van der Waals surface area contributed by atoms with Gasteiger partial charge in [0.05, 0.1) is 17.0 Å². The number of urea groups is 1. The summed E-state index contributed by atoms with van der Waals surface area (Å²) < 4.78 is 30.5. The van der Waals surface area contributed by atoms with Crippen LogP contribution in [0.3, 0.4) is 0 Å². The molecule has 0 spiro atoms. The molecule has 5 atom stereocenters. The third kappa shape index (κ3) is 16.4. The zero-order valence-electron chi connectivity index (χ0n) is 44.1. The second-order valence-electron chi connectivity index (χ2n) is 20.9. The van der Waals surface area contributed by atoms with Crippen LogP contribution in [-0.2, 0) is 57.0 Å². The Hall–Kier alpha value is -5.82. The third-order valence-corrected chi connectivity index (χ3v) is 14.5. The number of nitrogens with two attached hydrogens (primary N) is 1. The van der Waals surface area contributed by atoms with Gasteiger partial charge in [-0.3, -0.25) is 28.8 Å². The van der Waals surface area contributed by atoms with Gasteiger partial charge in [-0.15, -0.1) is 0 Å². The van der Waals surface area contributed by atoms with Crippen molar-refractivity contribution in [2.45, 2.75) is 168 Å². The molecule has 9 N–H and O–H groups in total. The highest BCUT2D eigenvalue weighted by Gasteiger charge is 2.42. The molecule has 394 valence electrons. The average molecular weight is 1010 g/mol. The molecule has 8 amide bonds. The van der Waals surface area contributed by atoms with Crippen molar-refractivity contribution in [3.63, 3.8) is 0 Å². The summed E-state index contributed by atoms with van der Waals surface area (Å²) in [6, 6.07) is 7.30. The van der Waals surface area contributed by atoms with E-state index < -0.39 is 80.7 Å². The van der Waals surface area contributed by atoms with Crippen LogP contribution in [0.1, 0.15) is 131 Å². The molecule has 0 fully saturated rings. The van der Waals surface area contributed by atoms with Crippen molar-refractivity contribution < 1.29 is 42.0 Å². The first-order chi connectivity index (χ1) is 33.1. The maximum absolute atomic E-state index is 14.5. The molecular weight excluding hydrogens is 927 g/mol. The molecule has 0 aliphatic heterocycles. The van der Waals surface area contributed by atoms with Gasteiger partial charge in [0.15, 0.2) is 0 Å². The fourth-order valence-electron chi connectivity index (χ4n) is 8.90. The molecule has 2 aromatic carbocycles. The van der Waals surface area contributed by atoms with Crippen molar-refractivity contribution in [3.8, 4) is 0 Å². The smallest absolute Gasteiger partial charge is 0.312 e. The zero-order valence-corrected chi connectivity index (χ0v) is 44.9. The highest BCUT2D eigenvalue weighted by Crippen LogP contribution is 2.34. The first-order valence-corrected chi connectivity index (χ1v) is 26.2. The van der Waals surface area contributed by atoms with E-state index in [4.69, 9.17) is 5.73 Å². The van der Waals surface area contributed by atoms with E-state index >= 15 is 0 Å². The number of rotatable bonds is 24. The Morgan fingerprint density at radius 2 is 1.42 bits per heavy atom. The van der Waals surface area contributed by atoms with Gasteiger partial charge in [-0.05, 0) is 105 Å². The van der Waals surface area contributed by atoms with Crippen molar-refractivity contribution in [3.05, 3.63) is 70.8 Å². The van der Waals surface area contributed by atoms with Crippen LogP contribution in [0.25, 0.3) is 0 Å². The van der Waals surface area contributed by atoms with E-state index in [-0.39, 0.29) is 59.9 Å². The lowest BCUT2D eigenvalue weighted by Crippen LogP contribution is -2.61. The molecule has 2 unspecified atom stereocenters. The van der Waals surface area contributed by atoms with Crippen molar-refractivity contribution in [1.29, 1.82) is 0 Å². The Bertz CT molecular complexity index is 2360. The number of carbonyl (C=O) groups excluding carboxylic acids is 7. The van der Waals surface area contributed by atoms with Crippen molar-refractivity contribution >= 4 is 57.2 Å². The lowest BCUT2D eigenvalue weighted by molar-refractivity contribution is -0.141. The maximum Gasteiger partial charge on any atom is 0.312 e. The number of sulfonamides is 1. The molecule has 0 saturated carbocycles. The van der Waals surface area contributed by atoms with E-state index in [2.05, 4.69) is 36.6 Å². The number of nitrogens with one attached hydrogen (secondary N) is 7. The number of likely N-dealkylation sites (N-methyl/N-ethyl adjacent to an activating group) is 2. The van der Waals surface area contributed by atoms with Gasteiger partial charge < -0.3 is 42.5 Å². The summed E-state index contributed by atoms with van der Waals surface area (Å²) in [6.07, 6.45) is 4.85. The Morgan fingerprint density at radius 3 is 1.97 bits per heavy atom. The first kappa shape index (κ1) is 59.5. The molecule has 1 aliphatic rings. The Labute approximate surface area is 421 Å². The first-order valence-electron chi connectivity index (χ1n) is 24.7. The topological polar surface area (TPSA) is 267 Å². The number of benzene rings is 2. The highest BCUT2D eigenvalue weighted by molar-refractivity contribution is 7.90. The summed E-state index contributed by atoms with van der Waals surface area (Å²) in [7, 11) is -1.18. The van der Waals surface area contributed by atoms with Gasteiger partial charge >= 0.3 is 6.03 Å². The molecule has 0 bridgehead atoms. The summed E-state index contributed by atoms with van der Waals surface area (Å²) in [6.45, 7) is 20.2. The van der Waals surface area contributed by atoms with Gasteiger partial charge in [0.2, 0.25) is 29.5 Å². The standard InChI is InChI=1S/C52H81N9O9S/c1-14-21-41(62)58-42(32(4)5)47(65)57-38(26-20-29-55-50(53)68)46(64)56-37-27-28-40(36-25-19-18-24-35(36)37)71(69,70)60-45(63)33(6)30-39(31(2)3)61(13)49(67)44(51(7,8)9)59-48(66)43(54-12)52(10,11)34-22-16-15-17-23-34/h15-17,22-23,27-28,30-32,38-39,42-44,54H,14,18-21,24-26,29H2,1-13H3,(H,56,64)(H,57,65)(H,58,62)(H,59,66)(H,60,63)(H3,53,55,68)/b33-30+/t38-,39+,42?,43+,44?/m0/s1. The summed E-state index contributed by atoms with van der Waals surface area (Å²) in [5.41, 5.74) is 6.20. The quantitative estimate of drug-likeness (QED) is 0.0530. The van der Waals surface area contributed by atoms with E-state index in [1.54, 1.807) is 34.0 Å². The Morgan fingerprint density at radius 1 is 0.803 bits per heavy atom. The number of hydrogen-bond acceptors (Lipinski definition) is 10. The number of nitrogens with zero attached hydrogens (tertiary/aromatic N) is 1. The van der Waals surface area contributed by atoms with E-state index in [1.807, 2.05) is 85.7 Å². The van der Waals surface area contributed by atoms with Crippen LogP contribution in [0.4, 0.5) is 10.5 Å². The number of hydrogen-bond donors (Lipinski definition) is 8. The Balaban J connectivity index is 1.89. The molecule has 2 aromatic rings. The molecule has 71 heavy (non-hydrogen) atoms. The van der Waals surface area contributed by atoms with E-state index in [0.717, 1.165) is 5.56 Å². The second-order valence-corrected chi connectivity index (χ2v) is 22.5. The van der Waals surface area contributed by atoms with E-state index in [9.17, 15) is 42.0 Å². The van der Waals surface area contributed by atoms with Gasteiger partial charge in [0.1, 0.15) is 18.1 Å². The second kappa shape index (κ2) is 26.0. The van der Waals surface area contributed by atoms with Gasteiger partial charge in [0.25, 0.3) is 15.9 Å². The molecule has 0 saturated heterocycles. The summed E-state index contributed by atoms with van der Waals surface area (Å²) in [5, 5.41) is 17.1. The number of anilines is 1. The molecule has 0 heterocycles. The summed E-state index contributed by atoms with van der Waals surface area (Å²) >= 11 is 0. The summed E-state index contributed by atoms with van der Waals surface area (Å²) in [5.74, 6) is -3.64. The number of amides is 8. The zero-order chi connectivity index (χ0) is 53.6. The minimum absolute atomic E-state index is 0.0460. The maximum atomic E-state index is 14.5. The van der Waals surface area contributed by atoms with Gasteiger partial charge in [-0.25, -0.2) is 17.9 Å². The lowest BCUT2D eigenvalue weighted by atomic mass is 9.76. The van der Waals surface area contributed by atoms with Gasteiger partial charge in [0, 0.05) is 36.7 Å². The van der Waals surface area contributed by atoms with Crippen LogP contribution in [0, 0.1) is 17.3 Å². The Kier molecular flexibility index (Phi) is 21.8. The van der Waals surface area contributed by atoms with Crippen LogP contribution in [-0.4, -0.2) is 106 Å². The largest absolute Gasteiger partial charge is 0.352 e. The number of primary amides is 1. The minimum Gasteiger partial charge on any atom is -0.352 e. The predicted molar refractivity (Wildman–Crippen MR) is 276 cm³/mol. The van der Waals surface area contributed by atoms with Crippen molar-refractivity contribution in [1.82, 2.24) is 36.2 Å². The van der Waals surface area contributed by atoms with Gasteiger partial charge in [-0.1, -0.05) is 106 Å². The SMILES string of the molecule is CCCC(=O)NC(C(=O)N[C@@H](CCCNC(N)=O)C(=O)Nc1ccc(S(=O)(=O)NC(=O)/C(C)=C/[C@H](C(C)C)N(C)C(=O)C(NC(=O)[C@@H](NC)C(C)(C)c2ccccc2)C(C)(C)C)c2c1CCCC2)C(C)C. The third-order valence-electron chi connectivity index (χ3n) is 13.1. The molecular formula is C52H81N9O9S. The molecule has 1 aliphatic carbocycles. The van der Waals surface area contributed by atoms with E-state index in [1.165, 1.54) is 24.0 Å². The van der Waals surface area contributed by atoms with Crippen LogP contribution in [0.15, 0.2) is 59.0 Å². The molecule has 3 rings (SSSR count).